The first kappa shape index (κ1) is 21.8. The van der Waals surface area contributed by atoms with Crippen molar-refractivity contribution in [1.82, 2.24) is 10.2 Å². The van der Waals surface area contributed by atoms with Gasteiger partial charge in [-0.2, -0.15) is 0 Å². The number of hydrogen-bond donors (Lipinski definition) is 2. The molecule has 0 radical (unpaired) electrons. The first-order valence-corrected chi connectivity index (χ1v) is 9.39. The van der Waals surface area contributed by atoms with Crippen LogP contribution in [0.2, 0.25) is 0 Å². The van der Waals surface area contributed by atoms with Crippen LogP contribution in [0.5, 0.6) is 0 Å². The number of amides is 1. The molecule has 1 saturated heterocycles. The van der Waals surface area contributed by atoms with Gasteiger partial charge in [-0.15, -0.1) is 0 Å². The first-order chi connectivity index (χ1) is 11.8. The quantitative estimate of drug-likeness (QED) is 0.583. The molecule has 6 nitrogen and oxygen atoms in total. The van der Waals surface area contributed by atoms with Crippen LogP contribution in [-0.4, -0.2) is 54.3 Å². The van der Waals surface area contributed by atoms with E-state index >= 15 is 0 Å². The van der Waals surface area contributed by atoms with Gasteiger partial charge in [-0.25, -0.2) is 4.39 Å². The van der Waals surface area contributed by atoms with Crippen LogP contribution in [-0.2, 0) is 14.3 Å². The van der Waals surface area contributed by atoms with Crippen molar-refractivity contribution in [3.63, 3.8) is 0 Å². The molecular formula is C18H34FN3O3. The van der Waals surface area contributed by atoms with Gasteiger partial charge >= 0.3 is 5.97 Å². The van der Waals surface area contributed by atoms with E-state index in [2.05, 4.69) is 12.2 Å². The summed E-state index contributed by atoms with van der Waals surface area (Å²) in [6.45, 7) is 8.62. The normalized spacial score (nSPS) is 24.6. The Morgan fingerprint density at radius 3 is 2.52 bits per heavy atom. The summed E-state index contributed by atoms with van der Waals surface area (Å²) in [5.41, 5.74) is 6.04. The van der Waals surface area contributed by atoms with Gasteiger partial charge in [0.25, 0.3) is 0 Å². The fraction of sp³-hybridized carbons (Fsp3) is 0.889. The third-order valence-corrected chi connectivity index (χ3v) is 4.73. The van der Waals surface area contributed by atoms with Gasteiger partial charge in [0.1, 0.15) is 6.04 Å². The Hall–Kier alpha value is -1.21. The molecule has 25 heavy (non-hydrogen) atoms. The Morgan fingerprint density at radius 2 is 1.96 bits per heavy atom. The predicted molar refractivity (Wildman–Crippen MR) is 95.5 cm³/mol. The molecule has 3 unspecified atom stereocenters. The number of carbonyl (C=O) groups excluding carboxylic acids is 2. The maximum absolute atomic E-state index is 13.6. The number of carbonyl (C=O) groups is 2. The largest absolute Gasteiger partial charge is 0.430 e. The number of esters is 1. The van der Waals surface area contributed by atoms with Crippen molar-refractivity contribution in [2.75, 3.05) is 13.1 Å². The van der Waals surface area contributed by atoms with Crippen LogP contribution >= 0.6 is 0 Å². The lowest BCUT2D eigenvalue weighted by atomic mass is 9.95. The van der Waals surface area contributed by atoms with E-state index in [1.807, 2.05) is 18.7 Å². The van der Waals surface area contributed by atoms with E-state index in [0.29, 0.717) is 25.9 Å². The van der Waals surface area contributed by atoms with Crippen LogP contribution in [0.25, 0.3) is 0 Å². The van der Waals surface area contributed by atoms with E-state index in [1.54, 1.807) is 0 Å². The number of hydrogen-bond acceptors (Lipinski definition) is 5. The summed E-state index contributed by atoms with van der Waals surface area (Å²) in [5, 5.41) is 2.93. The number of alkyl halides is 1. The molecule has 0 spiro atoms. The standard InChI is InChI=1S/C18H34FN3O3/c1-5-7-14(12(3)21-13(4)23)10-22-11-15(20)9-16(22)18(24)25-17(19)8-6-2/h12,14-17H,5-11,20H2,1-4H3,(H,21,23)/t12?,14?,15-,16-,17?/m1/s1. The predicted octanol–water partition coefficient (Wildman–Crippen LogP) is 1.97. The van der Waals surface area contributed by atoms with Crippen LogP contribution < -0.4 is 11.1 Å². The lowest BCUT2D eigenvalue weighted by Gasteiger charge is -2.31. The van der Waals surface area contributed by atoms with E-state index in [0.717, 1.165) is 12.8 Å². The van der Waals surface area contributed by atoms with Gasteiger partial charge < -0.3 is 15.8 Å². The summed E-state index contributed by atoms with van der Waals surface area (Å²) >= 11 is 0. The molecule has 5 atom stereocenters. The summed E-state index contributed by atoms with van der Waals surface area (Å²) in [6, 6.07) is -0.630. The van der Waals surface area contributed by atoms with Crippen LogP contribution in [0.15, 0.2) is 0 Å². The lowest BCUT2D eigenvalue weighted by Crippen LogP contribution is -2.46. The molecule has 1 aliphatic heterocycles. The molecule has 1 fully saturated rings. The number of nitrogens with two attached hydrogens (primary N) is 1. The van der Waals surface area contributed by atoms with Crippen molar-refractivity contribution in [3.05, 3.63) is 0 Å². The molecule has 3 N–H and O–H groups in total. The van der Waals surface area contributed by atoms with Crippen molar-refractivity contribution in [1.29, 1.82) is 0 Å². The Bertz CT molecular complexity index is 436. The van der Waals surface area contributed by atoms with Gasteiger partial charge in [0.05, 0.1) is 0 Å². The number of likely N-dealkylation sites (tertiary alicyclic amines) is 1. The monoisotopic (exact) mass is 359 g/mol. The van der Waals surface area contributed by atoms with Crippen molar-refractivity contribution in [2.24, 2.45) is 11.7 Å². The molecule has 146 valence electrons. The van der Waals surface area contributed by atoms with Gasteiger partial charge in [-0.05, 0) is 32.1 Å². The zero-order valence-electron chi connectivity index (χ0n) is 16.0. The van der Waals surface area contributed by atoms with Gasteiger partial charge in [-0.3, -0.25) is 14.5 Å². The second-order valence-electron chi connectivity index (χ2n) is 7.14. The minimum atomic E-state index is -1.55. The van der Waals surface area contributed by atoms with Crippen molar-refractivity contribution < 1.29 is 18.7 Å². The van der Waals surface area contributed by atoms with Crippen molar-refractivity contribution >= 4 is 11.9 Å². The molecule has 7 heteroatoms. The average molecular weight is 359 g/mol. The molecule has 0 aromatic carbocycles. The number of nitrogens with zero attached hydrogens (tertiary/aromatic N) is 1. The Labute approximate surface area is 150 Å². The Morgan fingerprint density at radius 1 is 1.32 bits per heavy atom. The Kier molecular flexibility index (Phi) is 9.35. The van der Waals surface area contributed by atoms with E-state index in [-0.39, 0.29) is 30.3 Å². The lowest BCUT2D eigenvalue weighted by molar-refractivity contribution is -0.164. The van der Waals surface area contributed by atoms with E-state index < -0.39 is 18.4 Å². The van der Waals surface area contributed by atoms with Crippen LogP contribution in [0.3, 0.4) is 0 Å². The minimum Gasteiger partial charge on any atom is -0.430 e. The molecule has 0 bridgehead atoms. The Balaban J connectivity index is 2.73. The molecule has 0 aliphatic carbocycles. The SMILES string of the molecule is CCCC(F)OC(=O)[C@H]1C[C@@H](N)CN1CC(CCC)C(C)NC(C)=O. The maximum atomic E-state index is 13.6. The van der Waals surface area contributed by atoms with E-state index in [4.69, 9.17) is 10.5 Å². The summed E-state index contributed by atoms with van der Waals surface area (Å²) < 4.78 is 18.6. The maximum Gasteiger partial charge on any atom is 0.325 e. The zero-order chi connectivity index (χ0) is 19.0. The second kappa shape index (κ2) is 10.7. The third-order valence-electron chi connectivity index (χ3n) is 4.73. The number of nitrogens with one attached hydrogen (secondary N) is 1. The average Bonchev–Trinajstić information content (AvgIpc) is 2.87. The molecule has 0 aromatic rings. The highest BCUT2D eigenvalue weighted by molar-refractivity contribution is 5.76. The van der Waals surface area contributed by atoms with Gasteiger partial charge in [0, 0.05) is 38.5 Å². The van der Waals surface area contributed by atoms with Crippen molar-refractivity contribution in [2.45, 2.75) is 84.3 Å². The summed E-state index contributed by atoms with van der Waals surface area (Å²) in [4.78, 5) is 25.7. The molecule has 1 amide bonds. The fourth-order valence-corrected chi connectivity index (χ4v) is 3.49. The first-order valence-electron chi connectivity index (χ1n) is 9.39. The highest BCUT2D eigenvalue weighted by Gasteiger charge is 2.38. The third kappa shape index (κ3) is 7.28. The molecule has 1 heterocycles. The molecule has 1 aliphatic rings. The number of ether oxygens (including phenoxy) is 1. The topological polar surface area (TPSA) is 84.7 Å². The van der Waals surface area contributed by atoms with Crippen molar-refractivity contribution in [3.8, 4) is 0 Å². The van der Waals surface area contributed by atoms with Gasteiger partial charge in [0.15, 0.2) is 0 Å². The van der Waals surface area contributed by atoms with Crippen LogP contribution in [0.4, 0.5) is 4.39 Å². The van der Waals surface area contributed by atoms with Crippen LogP contribution in [0, 0.1) is 5.92 Å². The minimum absolute atomic E-state index is 0.0000371. The van der Waals surface area contributed by atoms with Gasteiger partial charge in [-0.1, -0.05) is 20.3 Å². The van der Waals surface area contributed by atoms with Crippen LogP contribution in [0.1, 0.15) is 59.8 Å². The summed E-state index contributed by atoms with van der Waals surface area (Å²) in [7, 11) is 0. The fourth-order valence-electron chi connectivity index (χ4n) is 3.49. The highest BCUT2D eigenvalue weighted by Crippen LogP contribution is 2.23. The second-order valence-corrected chi connectivity index (χ2v) is 7.14. The molecule has 0 saturated carbocycles. The van der Waals surface area contributed by atoms with E-state index in [1.165, 1.54) is 6.92 Å². The highest BCUT2D eigenvalue weighted by atomic mass is 19.1. The zero-order valence-corrected chi connectivity index (χ0v) is 16.0. The molecule has 0 aromatic heterocycles. The molecular weight excluding hydrogens is 325 g/mol. The molecule has 1 rings (SSSR count). The summed E-state index contributed by atoms with van der Waals surface area (Å²) in [5.74, 6) is -0.398. The van der Waals surface area contributed by atoms with Gasteiger partial charge in [0.2, 0.25) is 12.3 Å². The summed E-state index contributed by atoms with van der Waals surface area (Å²) in [6.07, 6.45) is 1.66. The number of rotatable bonds is 10. The van der Waals surface area contributed by atoms with E-state index in [9.17, 15) is 14.0 Å². The smallest absolute Gasteiger partial charge is 0.325 e. The number of halogens is 1.